The van der Waals surface area contributed by atoms with Crippen molar-refractivity contribution in [3.05, 3.63) is 42.3 Å². The molecule has 0 saturated heterocycles. The van der Waals surface area contributed by atoms with Gasteiger partial charge in [-0.05, 0) is 31.2 Å². The Hall–Kier alpha value is -2.21. The molecule has 0 radical (unpaired) electrons. The highest BCUT2D eigenvalue weighted by molar-refractivity contribution is 5.54. The molecule has 0 aliphatic heterocycles. The fourth-order valence-electron chi connectivity index (χ4n) is 1.49. The maximum Gasteiger partial charge on any atom is 0.229 e. The number of anilines is 3. The Balaban J connectivity index is 2.10. The molecule has 1 aromatic heterocycles. The van der Waals surface area contributed by atoms with Gasteiger partial charge >= 0.3 is 0 Å². The average Bonchev–Trinajstić information content (AvgIpc) is 2.39. The molecule has 6 heteroatoms. The quantitative estimate of drug-likeness (QED) is 0.770. The van der Waals surface area contributed by atoms with Crippen molar-refractivity contribution in [3.8, 4) is 0 Å². The van der Waals surface area contributed by atoms with Crippen LogP contribution in [0.3, 0.4) is 0 Å². The molecule has 1 aromatic carbocycles. The number of benzene rings is 1. The third-order valence-corrected chi connectivity index (χ3v) is 2.40. The van der Waals surface area contributed by atoms with Crippen LogP contribution in [-0.2, 0) is 0 Å². The largest absolute Gasteiger partial charge is 0.394 e. The predicted octanol–water partition coefficient (Wildman–Crippen LogP) is 2.15. The molecule has 19 heavy (non-hydrogen) atoms. The number of hydrogen-bond donors (Lipinski definition) is 3. The lowest BCUT2D eigenvalue weighted by Crippen LogP contribution is -2.20. The zero-order chi connectivity index (χ0) is 13.7. The summed E-state index contributed by atoms with van der Waals surface area (Å²) in [5.41, 5.74) is 0.576. The SMILES string of the molecule is C[C@@H](CO)Nc1ccnc(Nc2cccc(F)c2)n1. The molecule has 0 amide bonds. The van der Waals surface area contributed by atoms with Crippen LogP contribution in [0.4, 0.5) is 21.8 Å². The van der Waals surface area contributed by atoms with Gasteiger partial charge in [0.1, 0.15) is 11.6 Å². The number of nitrogens with one attached hydrogen (secondary N) is 2. The van der Waals surface area contributed by atoms with Crippen molar-refractivity contribution in [3.63, 3.8) is 0 Å². The predicted molar refractivity (Wildman–Crippen MR) is 71.9 cm³/mol. The lowest BCUT2D eigenvalue weighted by molar-refractivity contribution is 0.281. The van der Waals surface area contributed by atoms with Gasteiger partial charge in [-0.1, -0.05) is 6.07 Å². The third-order valence-electron chi connectivity index (χ3n) is 2.40. The summed E-state index contributed by atoms with van der Waals surface area (Å²) in [6.45, 7) is 1.85. The number of aliphatic hydroxyl groups is 1. The molecule has 0 aliphatic rings. The van der Waals surface area contributed by atoms with E-state index in [1.54, 1.807) is 24.4 Å². The van der Waals surface area contributed by atoms with Crippen LogP contribution in [0.5, 0.6) is 0 Å². The second kappa shape index (κ2) is 6.10. The molecule has 0 saturated carbocycles. The Bertz CT molecular complexity index is 550. The summed E-state index contributed by atoms with van der Waals surface area (Å²) in [6.07, 6.45) is 1.58. The zero-order valence-corrected chi connectivity index (χ0v) is 10.5. The summed E-state index contributed by atoms with van der Waals surface area (Å²) in [6, 6.07) is 7.66. The first-order chi connectivity index (χ1) is 9.17. The Labute approximate surface area is 110 Å². The first kappa shape index (κ1) is 13.2. The van der Waals surface area contributed by atoms with Gasteiger partial charge in [0.25, 0.3) is 0 Å². The molecule has 2 rings (SSSR count). The van der Waals surface area contributed by atoms with E-state index in [-0.39, 0.29) is 18.5 Å². The second-order valence-corrected chi connectivity index (χ2v) is 4.13. The molecule has 5 nitrogen and oxygen atoms in total. The standard InChI is InChI=1S/C13H15FN4O/c1-9(8-19)16-12-5-6-15-13(18-12)17-11-4-2-3-10(14)7-11/h2-7,9,19H,8H2,1H3,(H2,15,16,17,18)/t9-/m0/s1. The van der Waals surface area contributed by atoms with Crippen LogP contribution in [0, 0.1) is 5.82 Å². The Morgan fingerprint density at radius 2 is 2.21 bits per heavy atom. The van der Waals surface area contributed by atoms with Crippen LogP contribution in [0.2, 0.25) is 0 Å². The average molecular weight is 262 g/mol. The van der Waals surface area contributed by atoms with E-state index in [0.717, 1.165) is 0 Å². The van der Waals surface area contributed by atoms with Gasteiger partial charge < -0.3 is 15.7 Å². The first-order valence-electron chi connectivity index (χ1n) is 5.90. The minimum atomic E-state index is -0.326. The van der Waals surface area contributed by atoms with E-state index in [1.165, 1.54) is 12.1 Å². The molecule has 1 atom stereocenters. The van der Waals surface area contributed by atoms with Gasteiger partial charge in [-0.15, -0.1) is 0 Å². The lowest BCUT2D eigenvalue weighted by Gasteiger charge is -2.12. The van der Waals surface area contributed by atoms with E-state index in [4.69, 9.17) is 5.11 Å². The monoisotopic (exact) mass is 262 g/mol. The number of aromatic nitrogens is 2. The van der Waals surface area contributed by atoms with Crippen molar-refractivity contribution >= 4 is 17.5 Å². The van der Waals surface area contributed by atoms with Crippen LogP contribution in [0.15, 0.2) is 36.5 Å². The number of hydrogen-bond acceptors (Lipinski definition) is 5. The van der Waals surface area contributed by atoms with Crippen molar-refractivity contribution < 1.29 is 9.50 Å². The van der Waals surface area contributed by atoms with Gasteiger partial charge in [-0.2, -0.15) is 4.98 Å². The first-order valence-corrected chi connectivity index (χ1v) is 5.90. The fourth-order valence-corrected chi connectivity index (χ4v) is 1.49. The maximum absolute atomic E-state index is 13.0. The molecule has 0 fully saturated rings. The van der Waals surface area contributed by atoms with Crippen molar-refractivity contribution in [2.45, 2.75) is 13.0 Å². The highest BCUT2D eigenvalue weighted by Crippen LogP contribution is 2.15. The summed E-state index contributed by atoms with van der Waals surface area (Å²) < 4.78 is 13.0. The number of nitrogens with zero attached hydrogens (tertiary/aromatic N) is 2. The number of rotatable bonds is 5. The molecule has 3 N–H and O–H groups in total. The topological polar surface area (TPSA) is 70.1 Å². The summed E-state index contributed by atoms with van der Waals surface area (Å²) >= 11 is 0. The van der Waals surface area contributed by atoms with Crippen LogP contribution >= 0.6 is 0 Å². The highest BCUT2D eigenvalue weighted by atomic mass is 19.1. The van der Waals surface area contributed by atoms with E-state index < -0.39 is 0 Å². The molecule has 0 unspecified atom stereocenters. The van der Waals surface area contributed by atoms with E-state index >= 15 is 0 Å². The van der Waals surface area contributed by atoms with E-state index in [0.29, 0.717) is 17.5 Å². The van der Waals surface area contributed by atoms with Crippen LogP contribution < -0.4 is 10.6 Å². The molecule has 0 aliphatic carbocycles. The summed E-state index contributed by atoms with van der Waals surface area (Å²) in [7, 11) is 0. The van der Waals surface area contributed by atoms with Crippen LogP contribution in [0.25, 0.3) is 0 Å². The number of halogens is 1. The van der Waals surface area contributed by atoms with Crippen molar-refractivity contribution in [2.75, 3.05) is 17.2 Å². The van der Waals surface area contributed by atoms with Gasteiger partial charge in [-0.3, -0.25) is 0 Å². The van der Waals surface area contributed by atoms with Crippen LogP contribution in [-0.4, -0.2) is 27.7 Å². The molecule has 0 spiro atoms. The Kier molecular flexibility index (Phi) is 4.25. The summed E-state index contributed by atoms with van der Waals surface area (Å²) in [4.78, 5) is 8.27. The Morgan fingerprint density at radius 3 is 2.95 bits per heavy atom. The molecular weight excluding hydrogens is 247 g/mol. The van der Waals surface area contributed by atoms with E-state index in [9.17, 15) is 4.39 Å². The smallest absolute Gasteiger partial charge is 0.229 e. The lowest BCUT2D eigenvalue weighted by atomic mass is 10.3. The minimum Gasteiger partial charge on any atom is -0.394 e. The van der Waals surface area contributed by atoms with Gasteiger partial charge in [0.15, 0.2) is 0 Å². The second-order valence-electron chi connectivity index (χ2n) is 4.13. The van der Waals surface area contributed by atoms with Gasteiger partial charge in [0.05, 0.1) is 6.61 Å². The zero-order valence-electron chi connectivity index (χ0n) is 10.5. The summed E-state index contributed by atoms with van der Waals surface area (Å²) in [5, 5.41) is 14.9. The van der Waals surface area contributed by atoms with Crippen molar-refractivity contribution in [1.29, 1.82) is 0 Å². The summed E-state index contributed by atoms with van der Waals surface area (Å²) in [5.74, 6) is 0.629. The molecular formula is C13H15FN4O. The molecule has 1 heterocycles. The van der Waals surface area contributed by atoms with Crippen LogP contribution in [0.1, 0.15) is 6.92 Å². The minimum absolute atomic E-state index is 0.0106. The van der Waals surface area contributed by atoms with Gasteiger partial charge in [-0.25, -0.2) is 9.37 Å². The van der Waals surface area contributed by atoms with Crippen molar-refractivity contribution in [2.24, 2.45) is 0 Å². The van der Waals surface area contributed by atoms with Gasteiger partial charge in [0, 0.05) is 17.9 Å². The normalized spacial score (nSPS) is 11.9. The maximum atomic E-state index is 13.0. The van der Waals surface area contributed by atoms with E-state index in [1.807, 2.05) is 6.92 Å². The molecule has 0 bridgehead atoms. The van der Waals surface area contributed by atoms with Gasteiger partial charge in [0.2, 0.25) is 5.95 Å². The molecule has 100 valence electrons. The van der Waals surface area contributed by atoms with E-state index in [2.05, 4.69) is 20.6 Å². The Morgan fingerprint density at radius 1 is 1.37 bits per heavy atom. The van der Waals surface area contributed by atoms with Crippen molar-refractivity contribution in [1.82, 2.24) is 9.97 Å². The number of aliphatic hydroxyl groups excluding tert-OH is 1. The fraction of sp³-hybridized carbons (Fsp3) is 0.231. The molecule has 2 aromatic rings. The highest BCUT2D eigenvalue weighted by Gasteiger charge is 2.03. The third kappa shape index (κ3) is 3.89.